The average Bonchev–Trinajstić information content (AvgIpc) is 2.43. The van der Waals surface area contributed by atoms with Gasteiger partial charge in [0.05, 0.1) is 0 Å². The van der Waals surface area contributed by atoms with E-state index >= 15 is 0 Å². The summed E-state index contributed by atoms with van der Waals surface area (Å²) in [6, 6.07) is 0.273. The Kier molecular flexibility index (Phi) is 5.97. The summed E-state index contributed by atoms with van der Waals surface area (Å²) in [7, 11) is 0. The molecule has 1 fully saturated rings. The zero-order valence-electron chi connectivity index (χ0n) is 10.3. The minimum Gasteiger partial charge on any atom is -0.481 e. The first kappa shape index (κ1) is 14.0. The fraction of sp³-hybridized carbons (Fsp3) is 0.833. The number of hydrazine groups is 1. The molecular weight excluding hydrogens is 218 g/mol. The van der Waals surface area contributed by atoms with Gasteiger partial charge in [0.25, 0.3) is 0 Å². The van der Waals surface area contributed by atoms with Crippen LogP contribution < -0.4 is 5.84 Å². The molecule has 4 N–H and O–H groups in total. The Labute approximate surface area is 102 Å². The van der Waals surface area contributed by atoms with Gasteiger partial charge < -0.3 is 5.11 Å². The molecule has 1 aliphatic rings. The lowest BCUT2D eigenvalue weighted by molar-refractivity contribution is -0.137. The predicted molar refractivity (Wildman–Crippen MR) is 66.7 cm³/mol. The number of unbranched alkanes of at least 4 members (excludes halogenated alkanes) is 2. The Balaban J connectivity index is 2.20. The lowest BCUT2D eigenvalue weighted by Crippen LogP contribution is -2.44. The molecule has 0 amide bonds. The summed E-state index contributed by atoms with van der Waals surface area (Å²) in [4.78, 5) is 10.3. The largest absolute Gasteiger partial charge is 0.481 e. The summed E-state index contributed by atoms with van der Waals surface area (Å²) < 4.78 is 0. The first-order valence-corrected chi connectivity index (χ1v) is 6.44. The van der Waals surface area contributed by atoms with Gasteiger partial charge in [-0.15, -0.1) is 0 Å². The highest BCUT2D eigenvalue weighted by atomic mass is 16.4. The SMILES string of the molecule is N=C1CCCC[C@@H](CCCCCC(=O)O)N1N. The second-order valence-electron chi connectivity index (χ2n) is 4.75. The van der Waals surface area contributed by atoms with Crippen molar-refractivity contribution in [2.75, 3.05) is 0 Å². The van der Waals surface area contributed by atoms with Gasteiger partial charge >= 0.3 is 5.97 Å². The average molecular weight is 241 g/mol. The molecule has 0 saturated carbocycles. The number of carboxylic acid groups (broad SMARTS) is 1. The van der Waals surface area contributed by atoms with Crippen molar-refractivity contribution >= 4 is 11.8 Å². The molecule has 0 aromatic heterocycles. The van der Waals surface area contributed by atoms with Gasteiger partial charge in [0.2, 0.25) is 0 Å². The standard InChI is InChI=1S/C12H23N3O2/c13-11-8-5-4-7-10(15(11)14)6-2-1-3-9-12(16)17/h10,13H,1-9,14H2,(H,16,17)/t10-/m1/s1. The van der Waals surface area contributed by atoms with E-state index in [9.17, 15) is 4.79 Å². The van der Waals surface area contributed by atoms with Crippen LogP contribution in [0, 0.1) is 5.41 Å². The molecule has 1 saturated heterocycles. The van der Waals surface area contributed by atoms with Crippen LogP contribution >= 0.6 is 0 Å². The maximum absolute atomic E-state index is 10.3. The first-order chi connectivity index (χ1) is 8.11. The topological polar surface area (TPSA) is 90.4 Å². The zero-order valence-corrected chi connectivity index (χ0v) is 10.3. The van der Waals surface area contributed by atoms with Gasteiger partial charge in [0.15, 0.2) is 0 Å². The van der Waals surface area contributed by atoms with Gasteiger partial charge in [-0.05, 0) is 25.7 Å². The summed E-state index contributed by atoms with van der Waals surface area (Å²) in [5.74, 6) is 5.72. The van der Waals surface area contributed by atoms with Crippen molar-refractivity contribution in [3.63, 3.8) is 0 Å². The van der Waals surface area contributed by atoms with Crippen LogP contribution in [0.2, 0.25) is 0 Å². The Morgan fingerprint density at radius 1 is 1.41 bits per heavy atom. The minimum atomic E-state index is -0.721. The lowest BCUT2D eigenvalue weighted by Gasteiger charge is -2.27. The van der Waals surface area contributed by atoms with Crippen molar-refractivity contribution in [2.24, 2.45) is 5.84 Å². The molecule has 0 bridgehead atoms. The van der Waals surface area contributed by atoms with Crippen molar-refractivity contribution in [1.82, 2.24) is 5.01 Å². The number of nitrogens with one attached hydrogen (secondary N) is 1. The number of nitrogens with two attached hydrogens (primary N) is 1. The van der Waals surface area contributed by atoms with E-state index in [1.54, 1.807) is 5.01 Å². The maximum atomic E-state index is 10.3. The molecule has 1 heterocycles. The predicted octanol–water partition coefficient (Wildman–Crippen LogP) is 2.12. The number of carbonyl (C=O) groups is 1. The molecule has 0 aromatic rings. The van der Waals surface area contributed by atoms with E-state index in [1.807, 2.05) is 0 Å². The number of nitrogens with zero attached hydrogens (tertiary/aromatic N) is 1. The second-order valence-corrected chi connectivity index (χ2v) is 4.75. The van der Waals surface area contributed by atoms with E-state index in [-0.39, 0.29) is 12.5 Å². The molecule has 0 unspecified atom stereocenters. The monoisotopic (exact) mass is 241 g/mol. The molecule has 5 heteroatoms. The number of aliphatic carboxylic acids is 1. The van der Waals surface area contributed by atoms with Crippen LogP contribution in [0.3, 0.4) is 0 Å². The van der Waals surface area contributed by atoms with Gasteiger partial charge in [0, 0.05) is 18.9 Å². The van der Waals surface area contributed by atoms with E-state index in [1.165, 1.54) is 0 Å². The van der Waals surface area contributed by atoms with Crippen molar-refractivity contribution in [3.05, 3.63) is 0 Å². The fourth-order valence-electron chi connectivity index (χ4n) is 2.28. The summed E-state index contributed by atoms with van der Waals surface area (Å²) in [6.45, 7) is 0. The van der Waals surface area contributed by atoms with Gasteiger partial charge in [-0.1, -0.05) is 19.3 Å². The summed E-state index contributed by atoms with van der Waals surface area (Å²) in [6.07, 6.45) is 7.93. The molecule has 0 radical (unpaired) electrons. The normalized spacial score (nSPS) is 21.4. The van der Waals surface area contributed by atoms with Crippen molar-refractivity contribution < 1.29 is 9.90 Å². The molecule has 1 atom stereocenters. The van der Waals surface area contributed by atoms with Crippen LogP contribution in [0.5, 0.6) is 0 Å². The quantitative estimate of drug-likeness (QED) is 0.490. The molecule has 0 aliphatic carbocycles. The number of rotatable bonds is 6. The highest BCUT2D eigenvalue weighted by Crippen LogP contribution is 2.19. The second kappa shape index (κ2) is 7.27. The van der Waals surface area contributed by atoms with Crippen LogP contribution in [0.4, 0.5) is 0 Å². The molecule has 5 nitrogen and oxygen atoms in total. The minimum absolute atomic E-state index is 0.257. The number of amidine groups is 1. The molecule has 0 aromatic carbocycles. The van der Waals surface area contributed by atoms with E-state index < -0.39 is 5.97 Å². The lowest BCUT2D eigenvalue weighted by atomic mass is 10.0. The fourth-order valence-corrected chi connectivity index (χ4v) is 2.28. The van der Waals surface area contributed by atoms with Gasteiger partial charge in [-0.25, -0.2) is 5.84 Å². The summed E-state index contributed by atoms with van der Waals surface area (Å²) in [5, 5.41) is 17.9. The van der Waals surface area contributed by atoms with Crippen LogP contribution in [-0.4, -0.2) is 28.0 Å². The maximum Gasteiger partial charge on any atom is 0.303 e. The molecule has 98 valence electrons. The molecule has 0 spiro atoms. The Morgan fingerprint density at radius 3 is 2.88 bits per heavy atom. The third-order valence-electron chi connectivity index (χ3n) is 3.33. The zero-order chi connectivity index (χ0) is 12.7. The van der Waals surface area contributed by atoms with Gasteiger partial charge in [-0.2, -0.15) is 0 Å². The highest BCUT2D eigenvalue weighted by Gasteiger charge is 2.20. The molecule has 1 aliphatic heterocycles. The van der Waals surface area contributed by atoms with Crippen molar-refractivity contribution in [1.29, 1.82) is 5.41 Å². The van der Waals surface area contributed by atoms with Gasteiger partial charge in [-0.3, -0.25) is 15.2 Å². The van der Waals surface area contributed by atoms with Gasteiger partial charge in [0.1, 0.15) is 5.84 Å². The first-order valence-electron chi connectivity index (χ1n) is 6.44. The van der Waals surface area contributed by atoms with Crippen LogP contribution in [-0.2, 0) is 4.79 Å². The van der Waals surface area contributed by atoms with E-state index in [4.69, 9.17) is 16.4 Å². The third kappa shape index (κ3) is 5.17. The van der Waals surface area contributed by atoms with Crippen LogP contribution in [0.25, 0.3) is 0 Å². The Morgan fingerprint density at radius 2 is 2.18 bits per heavy atom. The van der Waals surface area contributed by atoms with Crippen molar-refractivity contribution in [2.45, 2.75) is 63.8 Å². The number of hydrogen-bond donors (Lipinski definition) is 3. The van der Waals surface area contributed by atoms with Crippen LogP contribution in [0.15, 0.2) is 0 Å². The smallest absolute Gasteiger partial charge is 0.303 e. The molecule has 1 rings (SSSR count). The third-order valence-corrected chi connectivity index (χ3v) is 3.33. The molecule has 17 heavy (non-hydrogen) atoms. The highest BCUT2D eigenvalue weighted by molar-refractivity contribution is 5.79. The molecular formula is C12H23N3O2. The number of carboxylic acids is 1. The summed E-state index contributed by atoms with van der Waals surface area (Å²) >= 11 is 0. The van der Waals surface area contributed by atoms with Crippen LogP contribution in [0.1, 0.15) is 57.8 Å². The summed E-state index contributed by atoms with van der Waals surface area (Å²) in [5.41, 5.74) is 0. The Hall–Kier alpha value is -1.10. The Bertz CT molecular complexity index is 268. The van der Waals surface area contributed by atoms with E-state index in [0.29, 0.717) is 5.84 Å². The van der Waals surface area contributed by atoms with E-state index in [0.717, 1.165) is 51.4 Å². The number of hydrogen-bond acceptors (Lipinski definition) is 3. The van der Waals surface area contributed by atoms with Crippen molar-refractivity contribution in [3.8, 4) is 0 Å². The van der Waals surface area contributed by atoms with E-state index in [2.05, 4.69) is 0 Å².